The largest absolute Gasteiger partial charge is 0.416 e. The first-order valence-corrected chi connectivity index (χ1v) is 10.9. The number of alkyl halides is 3. The number of allylic oxidation sites excluding steroid dienone is 3. The molecule has 1 unspecified atom stereocenters. The predicted molar refractivity (Wildman–Crippen MR) is 118 cm³/mol. The van der Waals surface area contributed by atoms with Crippen LogP contribution in [-0.4, -0.2) is 5.78 Å². The van der Waals surface area contributed by atoms with Crippen molar-refractivity contribution in [2.24, 2.45) is 11.1 Å². The van der Waals surface area contributed by atoms with E-state index in [1.54, 1.807) is 4.90 Å². The number of rotatable bonds is 2. The SMILES string of the molecule is Cc1ccc(C2C(C#N)=C(N)N(c3ccc(C(F)(F)F)cc3)C3=C2C(=O)CC(C)(C)C3)s1. The highest BCUT2D eigenvalue weighted by molar-refractivity contribution is 7.12. The Morgan fingerprint density at radius 2 is 1.81 bits per heavy atom. The lowest BCUT2D eigenvalue weighted by Gasteiger charge is -2.43. The third-order valence-electron chi connectivity index (χ3n) is 5.88. The summed E-state index contributed by atoms with van der Waals surface area (Å²) in [5, 5.41) is 10.0. The Kier molecular flexibility index (Phi) is 5.21. The van der Waals surface area contributed by atoms with Crippen molar-refractivity contribution >= 4 is 22.8 Å². The van der Waals surface area contributed by atoms with Crippen molar-refractivity contribution in [3.8, 4) is 6.07 Å². The fourth-order valence-corrected chi connectivity index (χ4v) is 5.49. The maximum atomic E-state index is 13.4. The summed E-state index contributed by atoms with van der Waals surface area (Å²) in [5.74, 6) is -0.486. The molecule has 0 saturated carbocycles. The van der Waals surface area contributed by atoms with Crippen molar-refractivity contribution in [3.05, 3.63) is 74.4 Å². The number of thiophene rings is 1. The van der Waals surface area contributed by atoms with Crippen LogP contribution in [0.3, 0.4) is 0 Å². The molecule has 0 fully saturated rings. The molecule has 2 N–H and O–H groups in total. The number of hydrogen-bond donors (Lipinski definition) is 1. The molecule has 2 aliphatic rings. The maximum absolute atomic E-state index is 13.4. The molecule has 0 bridgehead atoms. The monoisotopic (exact) mass is 457 g/mol. The highest BCUT2D eigenvalue weighted by Crippen LogP contribution is 2.51. The van der Waals surface area contributed by atoms with E-state index in [1.807, 2.05) is 32.9 Å². The smallest absolute Gasteiger partial charge is 0.384 e. The lowest BCUT2D eigenvalue weighted by atomic mass is 9.69. The van der Waals surface area contributed by atoms with Gasteiger partial charge in [-0.2, -0.15) is 18.4 Å². The molecule has 0 saturated heterocycles. The molecule has 0 spiro atoms. The molecule has 166 valence electrons. The Bertz CT molecular complexity index is 1200. The second-order valence-electron chi connectivity index (χ2n) is 8.97. The molecule has 0 amide bonds. The minimum absolute atomic E-state index is 0.0653. The van der Waals surface area contributed by atoms with Crippen molar-refractivity contribution in [2.75, 3.05) is 4.90 Å². The number of hydrogen-bond acceptors (Lipinski definition) is 5. The Labute approximate surface area is 188 Å². The number of carbonyl (C=O) groups is 1. The van der Waals surface area contributed by atoms with Crippen LogP contribution in [0.2, 0.25) is 0 Å². The average molecular weight is 458 g/mol. The second kappa shape index (κ2) is 7.52. The topological polar surface area (TPSA) is 70.1 Å². The van der Waals surface area contributed by atoms with E-state index < -0.39 is 17.7 Å². The van der Waals surface area contributed by atoms with Crippen LogP contribution in [0.25, 0.3) is 0 Å². The molecule has 1 aliphatic heterocycles. The van der Waals surface area contributed by atoms with Crippen LogP contribution >= 0.6 is 11.3 Å². The maximum Gasteiger partial charge on any atom is 0.416 e. The van der Waals surface area contributed by atoms with E-state index in [2.05, 4.69) is 6.07 Å². The second-order valence-corrected chi connectivity index (χ2v) is 10.3. The van der Waals surface area contributed by atoms with Gasteiger partial charge < -0.3 is 5.73 Å². The van der Waals surface area contributed by atoms with E-state index in [4.69, 9.17) is 5.73 Å². The zero-order valence-corrected chi connectivity index (χ0v) is 18.7. The van der Waals surface area contributed by atoms with Gasteiger partial charge >= 0.3 is 6.18 Å². The van der Waals surface area contributed by atoms with Crippen LogP contribution in [0.1, 0.15) is 47.9 Å². The lowest BCUT2D eigenvalue weighted by molar-refractivity contribution is -0.137. The van der Waals surface area contributed by atoms with E-state index in [0.717, 1.165) is 21.9 Å². The molecule has 0 radical (unpaired) electrons. The molecule has 8 heteroatoms. The van der Waals surface area contributed by atoms with Crippen LogP contribution in [0.4, 0.5) is 18.9 Å². The summed E-state index contributed by atoms with van der Waals surface area (Å²) in [6, 6.07) is 10.6. The first-order chi connectivity index (χ1) is 14.9. The van der Waals surface area contributed by atoms with Gasteiger partial charge in [-0.25, -0.2) is 0 Å². The van der Waals surface area contributed by atoms with Gasteiger partial charge in [0.25, 0.3) is 0 Å². The number of halogens is 3. The first kappa shape index (κ1) is 22.2. The molecule has 2 heterocycles. The summed E-state index contributed by atoms with van der Waals surface area (Å²) in [4.78, 5) is 16.9. The molecular weight excluding hydrogens is 435 g/mol. The minimum Gasteiger partial charge on any atom is -0.384 e. The van der Waals surface area contributed by atoms with Crippen LogP contribution in [0, 0.1) is 23.7 Å². The lowest BCUT2D eigenvalue weighted by Crippen LogP contribution is -2.42. The van der Waals surface area contributed by atoms with Gasteiger partial charge in [0.05, 0.1) is 23.1 Å². The van der Waals surface area contributed by atoms with Gasteiger partial charge in [-0.05, 0) is 55.2 Å². The van der Waals surface area contributed by atoms with Crippen molar-refractivity contribution in [1.82, 2.24) is 0 Å². The quantitative estimate of drug-likeness (QED) is 0.599. The molecule has 4 rings (SSSR count). The summed E-state index contributed by atoms with van der Waals surface area (Å²) in [5.41, 5.74) is 7.15. The van der Waals surface area contributed by atoms with Gasteiger partial charge in [-0.1, -0.05) is 13.8 Å². The number of aryl methyl sites for hydroxylation is 1. The summed E-state index contributed by atoms with van der Waals surface area (Å²) in [6.07, 6.45) is -3.63. The third kappa shape index (κ3) is 3.71. The highest BCUT2D eigenvalue weighted by atomic mass is 32.1. The van der Waals surface area contributed by atoms with E-state index in [1.165, 1.54) is 23.5 Å². The summed E-state index contributed by atoms with van der Waals surface area (Å²) in [7, 11) is 0. The fraction of sp³-hybridized carbons (Fsp3) is 0.333. The summed E-state index contributed by atoms with van der Waals surface area (Å²) < 4.78 is 39.2. The number of Topliss-reactive ketones (excluding diaryl/α,β-unsaturated/α-hetero) is 1. The molecule has 32 heavy (non-hydrogen) atoms. The fourth-order valence-electron chi connectivity index (χ4n) is 4.50. The molecule has 1 atom stereocenters. The van der Waals surface area contributed by atoms with Crippen molar-refractivity contribution in [2.45, 2.75) is 45.7 Å². The van der Waals surface area contributed by atoms with E-state index in [-0.39, 0.29) is 22.6 Å². The summed E-state index contributed by atoms with van der Waals surface area (Å²) >= 11 is 1.50. The number of nitriles is 1. The minimum atomic E-state index is -4.46. The van der Waals surface area contributed by atoms with Crippen LogP contribution in [0.5, 0.6) is 0 Å². The Balaban J connectivity index is 1.94. The molecule has 2 aromatic rings. The van der Waals surface area contributed by atoms with E-state index in [9.17, 15) is 23.2 Å². The van der Waals surface area contributed by atoms with Crippen molar-refractivity contribution in [3.63, 3.8) is 0 Å². The van der Waals surface area contributed by atoms with Gasteiger partial charge in [-0.3, -0.25) is 9.69 Å². The van der Waals surface area contributed by atoms with Crippen LogP contribution < -0.4 is 10.6 Å². The van der Waals surface area contributed by atoms with Crippen molar-refractivity contribution < 1.29 is 18.0 Å². The average Bonchev–Trinajstić information content (AvgIpc) is 3.11. The zero-order valence-electron chi connectivity index (χ0n) is 17.9. The Morgan fingerprint density at radius 1 is 1.16 bits per heavy atom. The first-order valence-electron chi connectivity index (χ1n) is 10.1. The zero-order chi connectivity index (χ0) is 23.4. The molecule has 1 aliphatic carbocycles. The highest BCUT2D eigenvalue weighted by Gasteiger charge is 2.45. The number of anilines is 1. The van der Waals surface area contributed by atoms with Crippen LogP contribution in [-0.2, 0) is 11.0 Å². The normalized spacial score (nSPS) is 21.0. The Hall–Kier alpha value is -3.05. The Morgan fingerprint density at radius 3 is 2.34 bits per heavy atom. The number of carbonyl (C=O) groups excluding carboxylic acids is 1. The standard InChI is InChI=1S/C24H22F3N3OS/c1-13-4-9-19(32-13)20-16(12-28)22(29)30(15-7-5-14(6-8-15)24(25,26)27)17-10-23(2,3)11-18(31)21(17)20/h4-9,20H,10-11,29H2,1-3H3. The predicted octanol–water partition coefficient (Wildman–Crippen LogP) is 6.02. The number of benzene rings is 1. The number of ketones is 1. The van der Waals surface area contributed by atoms with Gasteiger partial charge in [0.15, 0.2) is 5.78 Å². The summed E-state index contributed by atoms with van der Waals surface area (Å²) in [6.45, 7) is 5.90. The van der Waals surface area contributed by atoms with Gasteiger partial charge in [-0.15, -0.1) is 11.3 Å². The van der Waals surface area contributed by atoms with Crippen molar-refractivity contribution in [1.29, 1.82) is 5.26 Å². The van der Waals surface area contributed by atoms with Crippen LogP contribution in [0.15, 0.2) is 59.1 Å². The van der Waals surface area contributed by atoms with E-state index in [0.29, 0.717) is 29.8 Å². The van der Waals surface area contributed by atoms with E-state index >= 15 is 0 Å². The van der Waals surface area contributed by atoms with Gasteiger partial charge in [0.1, 0.15) is 5.82 Å². The molecule has 1 aromatic carbocycles. The third-order valence-corrected chi connectivity index (χ3v) is 6.95. The van der Waals surface area contributed by atoms with Gasteiger partial charge in [0.2, 0.25) is 0 Å². The number of nitrogens with two attached hydrogens (primary N) is 1. The van der Waals surface area contributed by atoms with Gasteiger partial charge in [0, 0.05) is 33.1 Å². The number of nitrogens with zero attached hydrogens (tertiary/aromatic N) is 2. The molecule has 4 nitrogen and oxygen atoms in total. The molecular formula is C24H22F3N3OS. The molecule has 1 aromatic heterocycles.